The summed E-state index contributed by atoms with van der Waals surface area (Å²) in [4.78, 5) is 25.7. The van der Waals surface area contributed by atoms with Crippen LogP contribution in [0.15, 0.2) is 51.8 Å². The molecule has 0 fully saturated rings. The number of carbonyl (C=O) groups excluding carboxylic acids is 2. The minimum atomic E-state index is -3.87. The zero-order chi connectivity index (χ0) is 21.2. The quantitative estimate of drug-likeness (QED) is 0.781. The second-order valence-corrected chi connectivity index (χ2v) is 8.24. The fraction of sp³-hybridized carbons (Fsp3) is 0.250. The zero-order valence-electron chi connectivity index (χ0n) is 16.4. The van der Waals surface area contributed by atoms with E-state index in [-0.39, 0.29) is 16.4 Å². The van der Waals surface area contributed by atoms with Gasteiger partial charge >= 0.3 is 0 Å². The van der Waals surface area contributed by atoms with Gasteiger partial charge in [0.05, 0.1) is 5.69 Å². The molecule has 1 aliphatic rings. The summed E-state index contributed by atoms with van der Waals surface area (Å²) < 4.78 is 28.9. The Kier molecular flexibility index (Phi) is 5.69. The van der Waals surface area contributed by atoms with E-state index in [9.17, 15) is 18.0 Å². The molecule has 0 unspecified atom stereocenters. The van der Waals surface area contributed by atoms with Crippen molar-refractivity contribution >= 4 is 44.7 Å². The highest BCUT2D eigenvalue weighted by Crippen LogP contribution is 2.32. The first-order chi connectivity index (χ1) is 13.7. The molecule has 3 rings (SSSR count). The van der Waals surface area contributed by atoms with Gasteiger partial charge in [-0.2, -0.15) is 8.42 Å². The van der Waals surface area contributed by atoms with E-state index in [2.05, 4.69) is 15.0 Å². The van der Waals surface area contributed by atoms with Crippen LogP contribution in [0.5, 0.6) is 0 Å². The molecule has 0 saturated heterocycles. The van der Waals surface area contributed by atoms with Gasteiger partial charge < -0.3 is 15.5 Å². The van der Waals surface area contributed by atoms with Crippen LogP contribution in [0, 0.1) is 0 Å². The molecule has 29 heavy (non-hydrogen) atoms. The molecule has 2 N–H and O–H groups in total. The summed E-state index contributed by atoms with van der Waals surface area (Å²) in [5.74, 6) is -0.275. The Morgan fingerprint density at radius 1 is 1.07 bits per heavy atom. The molecule has 1 heterocycles. The van der Waals surface area contributed by atoms with Gasteiger partial charge in [0.25, 0.3) is 15.9 Å². The third-order valence-electron chi connectivity index (χ3n) is 4.32. The third kappa shape index (κ3) is 4.45. The van der Waals surface area contributed by atoms with Gasteiger partial charge in [0.15, 0.2) is 0 Å². The van der Waals surface area contributed by atoms with E-state index in [4.69, 9.17) is 0 Å². The molecule has 0 bridgehead atoms. The Labute approximate surface area is 169 Å². The van der Waals surface area contributed by atoms with Crippen molar-refractivity contribution in [2.24, 2.45) is 4.40 Å². The number of nitrogens with zero attached hydrogens (tertiary/aromatic N) is 2. The molecule has 8 nitrogen and oxygen atoms in total. The number of sulfonamides is 1. The molecule has 9 heteroatoms. The largest absolute Gasteiger partial charge is 0.328 e. The number of amides is 2. The lowest BCUT2D eigenvalue weighted by Gasteiger charge is -2.29. The topological polar surface area (TPSA) is 108 Å². The van der Waals surface area contributed by atoms with E-state index in [1.165, 1.54) is 13.0 Å². The average molecular weight is 414 g/mol. The number of benzene rings is 2. The number of hydrogen-bond donors (Lipinski definition) is 2. The van der Waals surface area contributed by atoms with E-state index >= 15 is 0 Å². The van der Waals surface area contributed by atoms with Crippen LogP contribution in [0.4, 0.5) is 17.1 Å². The van der Waals surface area contributed by atoms with Gasteiger partial charge in [-0.3, -0.25) is 9.59 Å². The van der Waals surface area contributed by atoms with Crippen molar-refractivity contribution < 1.29 is 18.0 Å². The van der Waals surface area contributed by atoms with Crippen molar-refractivity contribution in [2.75, 3.05) is 22.1 Å². The number of rotatable bonds is 5. The van der Waals surface area contributed by atoms with Crippen LogP contribution in [-0.4, -0.2) is 32.6 Å². The van der Waals surface area contributed by atoms with Gasteiger partial charge in [-0.1, -0.05) is 13.0 Å². The third-order valence-corrected chi connectivity index (χ3v) is 5.71. The van der Waals surface area contributed by atoms with E-state index in [1.54, 1.807) is 43.3 Å². The molecular weight excluding hydrogens is 392 g/mol. The first-order valence-electron chi connectivity index (χ1n) is 9.13. The molecule has 0 atom stereocenters. The Morgan fingerprint density at radius 2 is 1.76 bits per heavy atom. The van der Waals surface area contributed by atoms with Gasteiger partial charge in [0.2, 0.25) is 5.91 Å². The zero-order valence-corrected chi connectivity index (χ0v) is 17.2. The highest BCUT2D eigenvalue weighted by Gasteiger charge is 2.29. The van der Waals surface area contributed by atoms with Crippen LogP contribution in [-0.2, 0) is 14.8 Å². The second kappa shape index (κ2) is 8.04. The first kappa shape index (κ1) is 20.5. The Hall–Kier alpha value is -3.20. The van der Waals surface area contributed by atoms with Crippen LogP contribution in [0.25, 0.3) is 0 Å². The number of hydrogen-bond acceptors (Lipinski definition) is 5. The van der Waals surface area contributed by atoms with Crippen molar-refractivity contribution in [3.05, 3.63) is 48.0 Å². The fourth-order valence-electron chi connectivity index (χ4n) is 3.12. The number of anilines is 3. The molecule has 1 aliphatic heterocycles. The molecule has 0 aromatic heterocycles. The summed E-state index contributed by atoms with van der Waals surface area (Å²) in [6.07, 6.45) is 0.819. The van der Waals surface area contributed by atoms with E-state index in [0.29, 0.717) is 29.4 Å². The maximum Gasteiger partial charge on any atom is 0.286 e. The monoisotopic (exact) mass is 414 g/mol. The molecule has 2 aromatic carbocycles. The van der Waals surface area contributed by atoms with Crippen LogP contribution in [0.3, 0.4) is 0 Å². The van der Waals surface area contributed by atoms with Crippen LogP contribution in [0.2, 0.25) is 0 Å². The Morgan fingerprint density at radius 3 is 2.41 bits per heavy atom. The summed E-state index contributed by atoms with van der Waals surface area (Å²) in [7, 11) is -3.87. The van der Waals surface area contributed by atoms with Crippen molar-refractivity contribution in [1.82, 2.24) is 0 Å². The maximum atomic E-state index is 12.7. The predicted molar refractivity (Wildman–Crippen MR) is 113 cm³/mol. The summed E-state index contributed by atoms with van der Waals surface area (Å²) >= 11 is 0. The molecule has 0 aliphatic carbocycles. The van der Waals surface area contributed by atoms with Crippen LogP contribution < -0.4 is 15.5 Å². The molecule has 2 amide bonds. The highest BCUT2D eigenvalue weighted by molar-refractivity contribution is 7.90. The van der Waals surface area contributed by atoms with Crippen molar-refractivity contribution in [3.8, 4) is 0 Å². The minimum absolute atomic E-state index is 0.0104. The van der Waals surface area contributed by atoms with Crippen molar-refractivity contribution in [2.45, 2.75) is 32.1 Å². The number of fused-ring (bicyclic) bond motifs is 1. The second-order valence-electron chi connectivity index (χ2n) is 6.66. The summed E-state index contributed by atoms with van der Waals surface area (Å²) in [5.41, 5.74) is 1.73. The van der Waals surface area contributed by atoms with Gasteiger partial charge in [-0.15, -0.1) is 4.40 Å². The van der Waals surface area contributed by atoms with Crippen molar-refractivity contribution in [3.63, 3.8) is 0 Å². The van der Waals surface area contributed by atoms with Crippen LogP contribution >= 0.6 is 0 Å². The lowest BCUT2D eigenvalue weighted by Crippen LogP contribution is -2.34. The van der Waals surface area contributed by atoms with Gasteiger partial charge in [0.1, 0.15) is 10.7 Å². The Bertz CT molecular complexity index is 1110. The average Bonchev–Trinajstić information content (AvgIpc) is 2.64. The van der Waals surface area contributed by atoms with E-state index < -0.39 is 15.9 Å². The molecular formula is C20H22N4O4S. The van der Waals surface area contributed by atoms with Crippen LogP contribution in [0.1, 0.15) is 37.6 Å². The normalized spacial score (nSPS) is 14.6. The summed E-state index contributed by atoms with van der Waals surface area (Å²) in [5, 5.41) is 5.36. The predicted octanol–water partition coefficient (Wildman–Crippen LogP) is 3.23. The van der Waals surface area contributed by atoms with Gasteiger partial charge in [-0.05, 0) is 49.7 Å². The number of carbonyl (C=O) groups is 2. The minimum Gasteiger partial charge on any atom is -0.328 e. The standard InChI is InChI=1S/C20H22N4O4S/c1-4-10-24-13(2)23-29(27,28)19-11-15(8-9-18(19)24)20(26)22-17-7-5-6-16(12-17)21-14(3)25/h5-9,11-12H,4,10H2,1-3H3,(H,21,25)(H,22,26). The highest BCUT2D eigenvalue weighted by atomic mass is 32.2. The maximum absolute atomic E-state index is 12.7. The molecule has 0 spiro atoms. The SMILES string of the molecule is CCCN1C(C)=NS(=O)(=O)c2cc(C(=O)Nc3cccc(NC(C)=O)c3)ccc21. The smallest absolute Gasteiger partial charge is 0.286 e. The number of nitrogens with one attached hydrogen (secondary N) is 2. The lowest BCUT2D eigenvalue weighted by molar-refractivity contribution is -0.114. The number of amidine groups is 1. The first-order valence-corrected chi connectivity index (χ1v) is 10.6. The molecule has 152 valence electrons. The van der Waals surface area contributed by atoms with Gasteiger partial charge in [0, 0.05) is 30.4 Å². The molecule has 0 radical (unpaired) electrons. The van der Waals surface area contributed by atoms with Crippen molar-refractivity contribution in [1.29, 1.82) is 0 Å². The lowest BCUT2D eigenvalue weighted by atomic mass is 10.1. The molecule has 2 aromatic rings. The fourth-order valence-corrected chi connectivity index (χ4v) is 4.38. The van der Waals surface area contributed by atoms with E-state index in [0.717, 1.165) is 6.42 Å². The van der Waals surface area contributed by atoms with E-state index in [1.807, 2.05) is 11.8 Å². The molecule has 0 saturated carbocycles. The Balaban J connectivity index is 1.90. The summed E-state index contributed by atoms with van der Waals surface area (Å²) in [6, 6.07) is 11.2. The van der Waals surface area contributed by atoms with Gasteiger partial charge in [-0.25, -0.2) is 0 Å². The summed E-state index contributed by atoms with van der Waals surface area (Å²) in [6.45, 7) is 5.66.